The van der Waals surface area contributed by atoms with E-state index in [2.05, 4.69) is 10.2 Å². The van der Waals surface area contributed by atoms with E-state index in [1.165, 1.54) is 0 Å². The molecule has 1 heterocycles. The number of aryl methyl sites for hydroxylation is 2. The zero-order valence-corrected chi connectivity index (χ0v) is 19.6. The first-order valence-electron chi connectivity index (χ1n) is 11.5. The highest BCUT2D eigenvalue weighted by molar-refractivity contribution is 6.15. The third kappa shape index (κ3) is 4.94. The van der Waals surface area contributed by atoms with Crippen LogP contribution < -0.4 is 11.1 Å². The summed E-state index contributed by atoms with van der Waals surface area (Å²) in [5.41, 5.74) is 9.34. The summed E-state index contributed by atoms with van der Waals surface area (Å²) in [5, 5.41) is 4.44. The van der Waals surface area contributed by atoms with Crippen LogP contribution in [0.4, 0.5) is 5.69 Å². The molecule has 7 heteroatoms. The second kappa shape index (κ2) is 10.1. The molecule has 0 aliphatic carbocycles. The number of anilines is 1. The van der Waals surface area contributed by atoms with Crippen LogP contribution in [0.3, 0.4) is 0 Å². The van der Waals surface area contributed by atoms with Gasteiger partial charge in [-0.2, -0.15) is 0 Å². The molecule has 3 N–H and O–H groups in total. The molecule has 1 aliphatic rings. The topological polar surface area (TPSA) is 95.7 Å². The molecule has 3 aromatic rings. The molecule has 4 rings (SSSR count). The largest absolute Gasteiger partial charge is 0.366 e. The summed E-state index contributed by atoms with van der Waals surface area (Å²) in [6.45, 7) is 6.65. The maximum atomic E-state index is 13.5. The molecule has 7 nitrogen and oxygen atoms in total. The Morgan fingerprint density at radius 2 is 1.50 bits per heavy atom. The average molecular weight is 459 g/mol. The number of fused-ring (bicyclic) bond motifs is 1. The molecular formula is C27H30N4O3. The van der Waals surface area contributed by atoms with Gasteiger partial charge in [-0.05, 0) is 48.9 Å². The van der Waals surface area contributed by atoms with Crippen molar-refractivity contribution < 1.29 is 14.4 Å². The summed E-state index contributed by atoms with van der Waals surface area (Å²) < 4.78 is 0. The maximum Gasteiger partial charge on any atom is 0.254 e. The maximum absolute atomic E-state index is 13.5. The van der Waals surface area contributed by atoms with E-state index in [9.17, 15) is 14.4 Å². The summed E-state index contributed by atoms with van der Waals surface area (Å²) in [5.74, 6) is -0.735. The van der Waals surface area contributed by atoms with E-state index in [1.54, 1.807) is 23.1 Å². The number of hydrogen-bond acceptors (Lipinski definition) is 4. The van der Waals surface area contributed by atoms with Crippen molar-refractivity contribution in [2.45, 2.75) is 20.3 Å². The lowest BCUT2D eigenvalue weighted by molar-refractivity contribution is -0.117. The minimum atomic E-state index is -0.553. The summed E-state index contributed by atoms with van der Waals surface area (Å²) in [4.78, 5) is 42.0. The molecule has 0 bridgehead atoms. The molecule has 0 aromatic heterocycles. The number of rotatable bonds is 5. The van der Waals surface area contributed by atoms with Crippen molar-refractivity contribution in [3.8, 4) is 0 Å². The van der Waals surface area contributed by atoms with Gasteiger partial charge in [-0.1, -0.05) is 42.5 Å². The molecule has 1 fully saturated rings. The van der Waals surface area contributed by atoms with Crippen LogP contribution in [0.15, 0.2) is 54.6 Å². The lowest BCUT2D eigenvalue weighted by Gasteiger charge is -2.23. The van der Waals surface area contributed by atoms with Crippen molar-refractivity contribution in [2.24, 2.45) is 5.73 Å². The number of nitrogens with zero attached hydrogens (tertiary/aromatic N) is 2. The van der Waals surface area contributed by atoms with Crippen LogP contribution >= 0.6 is 0 Å². The normalized spacial score (nSPS) is 14.6. The van der Waals surface area contributed by atoms with E-state index in [1.807, 2.05) is 50.2 Å². The molecule has 0 atom stereocenters. The van der Waals surface area contributed by atoms with Gasteiger partial charge in [-0.25, -0.2) is 0 Å². The second-order valence-corrected chi connectivity index (χ2v) is 8.81. The number of benzene rings is 3. The fourth-order valence-electron chi connectivity index (χ4n) is 4.62. The van der Waals surface area contributed by atoms with Gasteiger partial charge in [0, 0.05) is 48.4 Å². The standard InChI is InChI=1S/C27H30N4O3/c1-18-7-3-8-19(2)25(18)29-23(32)17-30-13-6-14-31(16-15-30)27(34)22-12-5-10-20-9-4-11-21(24(20)22)26(28)33/h3-5,7-12H,6,13-17H2,1-2H3,(H2,28,33)(H,29,32). The van der Waals surface area contributed by atoms with E-state index < -0.39 is 5.91 Å². The summed E-state index contributed by atoms with van der Waals surface area (Å²) in [6, 6.07) is 16.7. The van der Waals surface area contributed by atoms with Crippen LogP contribution in [0, 0.1) is 13.8 Å². The highest BCUT2D eigenvalue weighted by atomic mass is 16.2. The van der Waals surface area contributed by atoms with Gasteiger partial charge in [0.1, 0.15) is 0 Å². The first kappa shape index (κ1) is 23.4. The fraction of sp³-hybridized carbons (Fsp3) is 0.296. The average Bonchev–Trinajstić information content (AvgIpc) is 3.05. The van der Waals surface area contributed by atoms with Gasteiger partial charge in [0.25, 0.3) is 5.91 Å². The summed E-state index contributed by atoms with van der Waals surface area (Å²) in [7, 11) is 0. The Morgan fingerprint density at radius 1 is 0.853 bits per heavy atom. The van der Waals surface area contributed by atoms with Gasteiger partial charge in [0.2, 0.25) is 11.8 Å². The Labute approximate surface area is 199 Å². The Bertz CT molecular complexity index is 1230. The molecule has 1 saturated heterocycles. The van der Waals surface area contributed by atoms with Gasteiger partial charge < -0.3 is 16.0 Å². The Hall–Kier alpha value is -3.71. The molecule has 34 heavy (non-hydrogen) atoms. The van der Waals surface area contributed by atoms with Crippen LogP contribution in [0.25, 0.3) is 10.8 Å². The number of carbonyl (C=O) groups excluding carboxylic acids is 3. The van der Waals surface area contributed by atoms with Gasteiger partial charge in [-0.15, -0.1) is 0 Å². The number of carbonyl (C=O) groups is 3. The molecular weight excluding hydrogens is 428 g/mol. The minimum absolute atomic E-state index is 0.0580. The zero-order chi connectivity index (χ0) is 24.2. The van der Waals surface area contributed by atoms with Crippen LogP contribution in [-0.4, -0.2) is 60.2 Å². The SMILES string of the molecule is Cc1cccc(C)c1NC(=O)CN1CCCN(C(=O)c2cccc3cccc(C(N)=O)c23)CC1. The summed E-state index contributed by atoms with van der Waals surface area (Å²) >= 11 is 0. The Kier molecular flexibility index (Phi) is 6.93. The second-order valence-electron chi connectivity index (χ2n) is 8.81. The molecule has 0 radical (unpaired) electrons. The van der Waals surface area contributed by atoms with E-state index in [0.29, 0.717) is 36.1 Å². The van der Waals surface area contributed by atoms with Crippen LogP contribution in [0.1, 0.15) is 38.3 Å². The molecule has 3 amide bonds. The predicted molar refractivity (Wildman–Crippen MR) is 134 cm³/mol. The molecule has 176 valence electrons. The number of nitrogens with two attached hydrogens (primary N) is 1. The first-order valence-corrected chi connectivity index (χ1v) is 11.5. The lowest BCUT2D eigenvalue weighted by atomic mass is 9.98. The first-order chi connectivity index (χ1) is 16.3. The molecule has 0 spiro atoms. The van der Waals surface area contributed by atoms with Crippen molar-refractivity contribution in [3.05, 3.63) is 76.9 Å². The molecule has 1 aliphatic heterocycles. The van der Waals surface area contributed by atoms with Gasteiger partial charge in [0.15, 0.2) is 0 Å². The van der Waals surface area contributed by atoms with E-state index >= 15 is 0 Å². The van der Waals surface area contributed by atoms with Gasteiger partial charge in [-0.3, -0.25) is 19.3 Å². The number of amides is 3. The monoisotopic (exact) mass is 458 g/mol. The third-order valence-corrected chi connectivity index (χ3v) is 6.39. The number of para-hydroxylation sites is 1. The van der Waals surface area contributed by atoms with Crippen molar-refractivity contribution in [1.82, 2.24) is 9.80 Å². The number of hydrogen-bond donors (Lipinski definition) is 2. The van der Waals surface area contributed by atoms with Crippen molar-refractivity contribution >= 4 is 34.2 Å². The molecule has 0 saturated carbocycles. The van der Waals surface area contributed by atoms with Crippen molar-refractivity contribution in [3.63, 3.8) is 0 Å². The fourth-order valence-corrected chi connectivity index (χ4v) is 4.62. The highest BCUT2D eigenvalue weighted by Crippen LogP contribution is 2.25. The number of primary amides is 1. The minimum Gasteiger partial charge on any atom is -0.366 e. The third-order valence-electron chi connectivity index (χ3n) is 6.39. The van der Waals surface area contributed by atoms with Crippen molar-refractivity contribution in [2.75, 3.05) is 38.0 Å². The Morgan fingerprint density at radius 3 is 2.18 bits per heavy atom. The van der Waals surface area contributed by atoms with Crippen LogP contribution in [0.5, 0.6) is 0 Å². The van der Waals surface area contributed by atoms with E-state index in [4.69, 9.17) is 5.73 Å². The summed E-state index contributed by atoms with van der Waals surface area (Å²) in [6.07, 6.45) is 0.760. The van der Waals surface area contributed by atoms with Crippen LogP contribution in [-0.2, 0) is 4.79 Å². The number of nitrogens with one attached hydrogen (secondary N) is 1. The Balaban J connectivity index is 1.45. The molecule has 0 unspecified atom stereocenters. The van der Waals surface area contributed by atoms with E-state index in [-0.39, 0.29) is 18.4 Å². The smallest absolute Gasteiger partial charge is 0.254 e. The highest BCUT2D eigenvalue weighted by Gasteiger charge is 2.24. The van der Waals surface area contributed by atoms with Gasteiger partial charge in [0.05, 0.1) is 6.54 Å². The van der Waals surface area contributed by atoms with Gasteiger partial charge >= 0.3 is 0 Å². The van der Waals surface area contributed by atoms with E-state index in [0.717, 1.165) is 35.2 Å². The lowest BCUT2D eigenvalue weighted by Crippen LogP contribution is -2.38. The molecule has 3 aromatic carbocycles. The quantitative estimate of drug-likeness (QED) is 0.613. The van der Waals surface area contributed by atoms with Crippen LogP contribution in [0.2, 0.25) is 0 Å². The zero-order valence-electron chi connectivity index (χ0n) is 19.6. The predicted octanol–water partition coefficient (Wildman–Crippen LogP) is 3.34. The van der Waals surface area contributed by atoms with Crippen molar-refractivity contribution in [1.29, 1.82) is 0 Å².